The molecule has 0 amide bonds. The molecule has 170 valence electrons. The van der Waals surface area contributed by atoms with Crippen molar-refractivity contribution < 1.29 is 0 Å². The Bertz CT molecular complexity index is 998. The fraction of sp³-hybridized carbons (Fsp3) is 0.464. The Morgan fingerprint density at radius 2 is 1.56 bits per heavy atom. The van der Waals surface area contributed by atoms with Gasteiger partial charge in [-0.05, 0) is 87.0 Å². The van der Waals surface area contributed by atoms with E-state index >= 15 is 0 Å². The molecule has 0 spiro atoms. The highest BCUT2D eigenvalue weighted by molar-refractivity contribution is 5.51. The predicted octanol–water partition coefficient (Wildman–Crippen LogP) is 5.76. The Labute approximate surface area is 193 Å². The molecule has 4 nitrogen and oxygen atoms in total. The minimum absolute atomic E-state index is 0.451. The van der Waals surface area contributed by atoms with Gasteiger partial charge < -0.3 is 4.90 Å². The lowest BCUT2D eigenvalue weighted by molar-refractivity contribution is 0.253. The topological polar surface area (TPSA) is 24.3 Å². The van der Waals surface area contributed by atoms with Crippen molar-refractivity contribution in [1.82, 2.24) is 14.7 Å². The number of aryl methyl sites for hydroxylation is 3. The van der Waals surface area contributed by atoms with Gasteiger partial charge in [0.25, 0.3) is 0 Å². The van der Waals surface area contributed by atoms with E-state index in [1.54, 1.807) is 0 Å². The summed E-state index contributed by atoms with van der Waals surface area (Å²) in [5.74, 6) is 0.451. The van der Waals surface area contributed by atoms with E-state index in [4.69, 9.17) is 5.10 Å². The maximum absolute atomic E-state index is 4.90. The number of nitrogens with zero attached hydrogens (tertiary/aromatic N) is 4. The van der Waals surface area contributed by atoms with Crippen molar-refractivity contribution >= 4 is 5.69 Å². The Morgan fingerprint density at radius 3 is 2.25 bits per heavy atom. The Kier molecular flexibility index (Phi) is 7.31. The van der Waals surface area contributed by atoms with Crippen LogP contribution in [-0.2, 0) is 6.42 Å². The van der Waals surface area contributed by atoms with Crippen LogP contribution in [0.15, 0.2) is 54.6 Å². The molecule has 1 saturated heterocycles. The first kappa shape index (κ1) is 22.6. The zero-order chi connectivity index (χ0) is 22.5. The van der Waals surface area contributed by atoms with Crippen LogP contribution in [0.5, 0.6) is 0 Å². The molecule has 0 radical (unpaired) electrons. The molecule has 2 heterocycles. The summed E-state index contributed by atoms with van der Waals surface area (Å²) >= 11 is 0. The van der Waals surface area contributed by atoms with Crippen molar-refractivity contribution in [3.05, 3.63) is 77.1 Å². The smallest absolute Gasteiger partial charge is 0.0657 e. The molecule has 1 aromatic heterocycles. The standard InChI is InChI=1S/C28H38N4/c1-22(2)28-21-27(32(29-28)25-10-6-5-7-11-25)12-8-9-15-30-16-18-31(19-17-30)26-14-13-23(3)24(4)20-26/h5-7,10-11,13-14,20-22H,8-9,12,15-19H2,1-4H3. The number of hydrogen-bond donors (Lipinski definition) is 0. The first-order valence-corrected chi connectivity index (χ1v) is 12.2. The highest BCUT2D eigenvalue weighted by Crippen LogP contribution is 2.22. The molecule has 0 N–H and O–H groups in total. The minimum atomic E-state index is 0.451. The summed E-state index contributed by atoms with van der Waals surface area (Å²) in [7, 11) is 0. The molecular formula is C28H38N4. The summed E-state index contributed by atoms with van der Waals surface area (Å²) in [6, 6.07) is 19.7. The Balaban J connectivity index is 1.27. The highest BCUT2D eigenvalue weighted by atomic mass is 15.3. The van der Waals surface area contributed by atoms with E-state index in [2.05, 4.69) is 96.8 Å². The van der Waals surface area contributed by atoms with Gasteiger partial charge in [0, 0.05) is 37.6 Å². The second-order valence-corrected chi connectivity index (χ2v) is 9.52. The van der Waals surface area contributed by atoms with Gasteiger partial charge in [0.1, 0.15) is 0 Å². The first-order valence-electron chi connectivity index (χ1n) is 12.2. The number of piperazine rings is 1. The van der Waals surface area contributed by atoms with Gasteiger partial charge in [0.2, 0.25) is 0 Å². The second-order valence-electron chi connectivity index (χ2n) is 9.52. The van der Waals surface area contributed by atoms with E-state index in [1.807, 2.05) is 0 Å². The summed E-state index contributed by atoms with van der Waals surface area (Å²) < 4.78 is 2.15. The third kappa shape index (κ3) is 5.42. The third-order valence-corrected chi connectivity index (χ3v) is 6.78. The quantitative estimate of drug-likeness (QED) is 0.425. The lowest BCUT2D eigenvalue weighted by Crippen LogP contribution is -2.46. The first-order chi connectivity index (χ1) is 15.5. The number of anilines is 1. The van der Waals surface area contributed by atoms with Gasteiger partial charge in [-0.2, -0.15) is 5.10 Å². The summed E-state index contributed by atoms with van der Waals surface area (Å²) in [6.45, 7) is 14.6. The third-order valence-electron chi connectivity index (χ3n) is 6.78. The molecule has 32 heavy (non-hydrogen) atoms. The van der Waals surface area contributed by atoms with Crippen molar-refractivity contribution in [3.63, 3.8) is 0 Å². The molecule has 0 bridgehead atoms. The van der Waals surface area contributed by atoms with Crippen LogP contribution >= 0.6 is 0 Å². The summed E-state index contributed by atoms with van der Waals surface area (Å²) in [4.78, 5) is 5.17. The van der Waals surface area contributed by atoms with Crippen LogP contribution in [0.2, 0.25) is 0 Å². The molecule has 4 rings (SSSR count). The van der Waals surface area contributed by atoms with Crippen LogP contribution in [0.4, 0.5) is 5.69 Å². The molecule has 1 aliphatic heterocycles. The van der Waals surface area contributed by atoms with Gasteiger partial charge in [0.05, 0.1) is 11.4 Å². The molecule has 0 aliphatic carbocycles. The Hall–Kier alpha value is -2.59. The fourth-order valence-corrected chi connectivity index (χ4v) is 4.49. The van der Waals surface area contributed by atoms with Gasteiger partial charge in [-0.1, -0.05) is 38.1 Å². The van der Waals surface area contributed by atoms with Crippen LogP contribution in [0.25, 0.3) is 5.69 Å². The average molecular weight is 431 g/mol. The Morgan fingerprint density at radius 1 is 0.812 bits per heavy atom. The fourth-order valence-electron chi connectivity index (χ4n) is 4.49. The lowest BCUT2D eigenvalue weighted by atomic mass is 10.1. The zero-order valence-electron chi connectivity index (χ0n) is 20.2. The van der Waals surface area contributed by atoms with Gasteiger partial charge >= 0.3 is 0 Å². The van der Waals surface area contributed by atoms with Gasteiger partial charge in [-0.15, -0.1) is 0 Å². The van der Waals surface area contributed by atoms with E-state index in [0.29, 0.717) is 5.92 Å². The maximum Gasteiger partial charge on any atom is 0.0657 e. The van der Waals surface area contributed by atoms with Gasteiger partial charge in [-0.25, -0.2) is 4.68 Å². The number of rotatable bonds is 8. The molecule has 1 fully saturated rings. The van der Waals surface area contributed by atoms with E-state index in [0.717, 1.165) is 38.3 Å². The summed E-state index contributed by atoms with van der Waals surface area (Å²) in [5.41, 5.74) is 7.83. The molecular weight excluding hydrogens is 392 g/mol. The summed E-state index contributed by atoms with van der Waals surface area (Å²) in [6.07, 6.45) is 3.52. The van der Waals surface area contributed by atoms with Crippen molar-refractivity contribution in [2.24, 2.45) is 0 Å². The molecule has 0 saturated carbocycles. The molecule has 1 aliphatic rings. The van der Waals surface area contributed by atoms with E-state index < -0.39 is 0 Å². The largest absolute Gasteiger partial charge is 0.369 e. The number of unbranched alkanes of at least 4 members (excludes halogenated alkanes) is 1. The van der Waals surface area contributed by atoms with Crippen molar-refractivity contribution in [3.8, 4) is 5.69 Å². The van der Waals surface area contributed by atoms with Crippen LogP contribution in [0.1, 0.15) is 55.1 Å². The maximum atomic E-state index is 4.90. The van der Waals surface area contributed by atoms with E-state index in [1.165, 1.54) is 47.6 Å². The van der Waals surface area contributed by atoms with Gasteiger partial charge in [0.15, 0.2) is 0 Å². The molecule has 0 unspecified atom stereocenters. The number of hydrogen-bond acceptors (Lipinski definition) is 3. The normalized spacial score (nSPS) is 15.0. The van der Waals surface area contributed by atoms with Crippen molar-refractivity contribution in [2.45, 2.75) is 52.9 Å². The van der Waals surface area contributed by atoms with Crippen molar-refractivity contribution in [1.29, 1.82) is 0 Å². The monoisotopic (exact) mass is 430 g/mol. The van der Waals surface area contributed by atoms with E-state index in [-0.39, 0.29) is 0 Å². The van der Waals surface area contributed by atoms with E-state index in [9.17, 15) is 0 Å². The van der Waals surface area contributed by atoms with Crippen molar-refractivity contribution in [2.75, 3.05) is 37.6 Å². The number of para-hydroxylation sites is 1. The summed E-state index contributed by atoms with van der Waals surface area (Å²) in [5, 5.41) is 4.90. The molecule has 3 aromatic rings. The van der Waals surface area contributed by atoms with Crippen LogP contribution in [-0.4, -0.2) is 47.4 Å². The molecule has 4 heteroatoms. The predicted molar refractivity (Wildman–Crippen MR) is 135 cm³/mol. The highest BCUT2D eigenvalue weighted by Gasteiger charge is 2.17. The van der Waals surface area contributed by atoms with Gasteiger partial charge in [-0.3, -0.25) is 4.90 Å². The second kappa shape index (κ2) is 10.4. The van der Waals surface area contributed by atoms with Crippen LogP contribution in [0.3, 0.4) is 0 Å². The van der Waals surface area contributed by atoms with Crippen LogP contribution in [0, 0.1) is 13.8 Å². The SMILES string of the molecule is Cc1ccc(N2CCN(CCCCc3cc(C(C)C)nn3-c3ccccc3)CC2)cc1C. The molecule has 2 aromatic carbocycles. The number of benzene rings is 2. The lowest BCUT2D eigenvalue weighted by Gasteiger charge is -2.36. The minimum Gasteiger partial charge on any atom is -0.369 e. The molecule has 0 atom stereocenters. The average Bonchev–Trinajstić information content (AvgIpc) is 3.24. The number of aromatic nitrogens is 2. The van der Waals surface area contributed by atoms with Crippen LogP contribution < -0.4 is 4.90 Å². The zero-order valence-corrected chi connectivity index (χ0v) is 20.2.